The lowest BCUT2D eigenvalue weighted by Crippen LogP contribution is -2.43. The Bertz CT molecular complexity index is 1320. The van der Waals surface area contributed by atoms with E-state index in [0.29, 0.717) is 51.4 Å². The van der Waals surface area contributed by atoms with E-state index in [0.717, 1.165) is 10.9 Å². The van der Waals surface area contributed by atoms with Gasteiger partial charge in [0.1, 0.15) is 11.5 Å². The Morgan fingerprint density at radius 2 is 1.70 bits per heavy atom. The number of halogens is 2. The second-order valence-corrected chi connectivity index (χ2v) is 9.71. The molecule has 1 aromatic heterocycles. The molecule has 3 atom stereocenters. The van der Waals surface area contributed by atoms with E-state index in [1.54, 1.807) is 26.4 Å². The van der Waals surface area contributed by atoms with Gasteiger partial charge in [0, 0.05) is 43.2 Å². The van der Waals surface area contributed by atoms with Crippen molar-refractivity contribution < 1.29 is 24.2 Å². The average Bonchev–Trinajstić information content (AvgIpc) is 3.24. The number of nitrogens with zero attached hydrogens (tertiary/aromatic N) is 3. The standard InChI is InChI=1S/C25H27Cl2N5O5/c1-32(2)23(33)13-8-16(17(9-13)31-25(34)35)30-24-28-11-14-7-12(5-6-15(14)29-24)20-21(26)18(36-3)10-19(37-4)22(20)27/h5-7,10-11,13,16-17,31H,8-9H2,1-4H3,(H,34,35)(H,28,29,30)/t13-,16+,17-/m0/s1. The van der Waals surface area contributed by atoms with Gasteiger partial charge in [0.2, 0.25) is 11.9 Å². The van der Waals surface area contributed by atoms with Crippen molar-refractivity contribution in [3.8, 4) is 22.6 Å². The van der Waals surface area contributed by atoms with Crippen molar-refractivity contribution in [2.75, 3.05) is 33.6 Å². The lowest BCUT2D eigenvalue weighted by atomic mass is 10.0. The Morgan fingerprint density at radius 1 is 1.05 bits per heavy atom. The third-order valence-electron chi connectivity index (χ3n) is 6.42. The van der Waals surface area contributed by atoms with Gasteiger partial charge in [-0.2, -0.15) is 0 Å². The van der Waals surface area contributed by atoms with Crippen molar-refractivity contribution >= 4 is 52.1 Å². The number of fused-ring (bicyclic) bond motifs is 1. The number of aromatic nitrogens is 2. The summed E-state index contributed by atoms with van der Waals surface area (Å²) in [7, 11) is 6.40. The summed E-state index contributed by atoms with van der Waals surface area (Å²) in [5.41, 5.74) is 1.95. The number of hydrogen-bond donors (Lipinski definition) is 3. The molecular formula is C25H27Cl2N5O5. The van der Waals surface area contributed by atoms with Gasteiger partial charge in [-0.1, -0.05) is 29.3 Å². The molecule has 0 aliphatic heterocycles. The summed E-state index contributed by atoms with van der Waals surface area (Å²) in [6.07, 6.45) is 1.36. The van der Waals surface area contributed by atoms with Crippen LogP contribution in [0.1, 0.15) is 12.8 Å². The van der Waals surface area contributed by atoms with Gasteiger partial charge in [0.15, 0.2) is 0 Å². The summed E-state index contributed by atoms with van der Waals surface area (Å²) in [4.78, 5) is 34.3. The molecule has 0 radical (unpaired) electrons. The first-order chi connectivity index (χ1) is 17.6. The van der Waals surface area contributed by atoms with Crippen LogP contribution in [0, 0.1) is 5.92 Å². The Labute approximate surface area is 223 Å². The number of amides is 2. The highest BCUT2D eigenvalue weighted by Gasteiger charge is 2.39. The summed E-state index contributed by atoms with van der Waals surface area (Å²) < 4.78 is 10.7. The van der Waals surface area contributed by atoms with Crippen LogP contribution >= 0.6 is 23.2 Å². The zero-order valence-corrected chi connectivity index (χ0v) is 22.2. The predicted octanol–water partition coefficient (Wildman–Crippen LogP) is 4.54. The van der Waals surface area contributed by atoms with Crippen LogP contribution in [0.5, 0.6) is 11.5 Å². The van der Waals surface area contributed by atoms with E-state index in [2.05, 4.69) is 20.6 Å². The van der Waals surface area contributed by atoms with Crippen LogP contribution in [0.25, 0.3) is 22.0 Å². The third-order valence-corrected chi connectivity index (χ3v) is 7.17. The minimum absolute atomic E-state index is 0.0417. The number of ether oxygens (including phenoxy) is 2. The number of carbonyl (C=O) groups excluding carboxylic acids is 1. The molecule has 37 heavy (non-hydrogen) atoms. The van der Waals surface area contributed by atoms with E-state index in [1.165, 1.54) is 19.1 Å². The van der Waals surface area contributed by atoms with Crippen LogP contribution in [0.15, 0.2) is 30.5 Å². The number of hydrogen-bond acceptors (Lipinski definition) is 7. The minimum Gasteiger partial charge on any atom is -0.495 e. The number of benzene rings is 2. The first-order valence-electron chi connectivity index (χ1n) is 11.5. The molecule has 0 spiro atoms. The molecule has 1 aliphatic carbocycles. The fourth-order valence-electron chi connectivity index (χ4n) is 4.65. The molecule has 3 N–H and O–H groups in total. The van der Waals surface area contributed by atoms with Crippen molar-refractivity contribution in [3.63, 3.8) is 0 Å². The fourth-order valence-corrected chi connectivity index (χ4v) is 5.36. The van der Waals surface area contributed by atoms with Crippen molar-refractivity contribution in [2.45, 2.75) is 24.9 Å². The minimum atomic E-state index is -1.15. The van der Waals surface area contributed by atoms with Crippen molar-refractivity contribution in [1.82, 2.24) is 20.2 Å². The maximum absolute atomic E-state index is 12.5. The molecule has 4 rings (SSSR count). The molecule has 10 nitrogen and oxygen atoms in total. The molecule has 1 fully saturated rings. The molecule has 196 valence electrons. The first kappa shape index (κ1) is 26.6. The van der Waals surface area contributed by atoms with Gasteiger partial charge in [-0.3, -0.25) is 4.79 Å². The molecule has 0 bridgehead atoms. The molecule has 2 aromatic carbocycles. The molecule has 1 heterocycles. The zero-order valence-electron chi connectivity index (χ0n) is 20.7. The maximum atomic E-state index is 12.5. The summed E-state index contributed by atoms with van der Waals surface area (Å²) in [6.45, 7) is 0. The lowest BCUT2D eigenvalue weighted by molar-refractivity contribution is -0.132. The summed E-state index contributed by atoms with van der Waals surface area (Å²) in [5, 5.41) is 16.4. The van der Waals surface area contributed by atoms with Gasteiger partial charge in [-0.25, -0.2) is 14.8 Å². The van der Waals surface area contributed by atoms with E-state index >= 15 is 0 Å². The number of methoxy groups -OCH3 is 2. The second-order valence-electron chi connectivity index (χ2n) is 8.96. The van der Waals surface area contributed by atoms with Crippen molar-refractivity contribution in [1.29, 1.82) is 0 Å². The summed E-state index contributed by atoms with van der Waals surface area (Å²) in [6, 6.07) is 6.34. The predicted molar refractivity (Wildman–Crippen MR) is 142 cm³/mol. The highest BCUT2D eigenvalue weighted by atomic mass is 35.5. The normalized spacial score (nSPS) is 18.9. The van der Waals surface area contributed by atoms with Crippen LogP contribution in [-0.4, -0.2) is 72.4 Å². The van der Waals surface area contributed by atoms with Gasteiger partial charge < -0.3 is 30.1 Å². The fraction of sp³-hybridized carbons (Fsp3) is 0.360. The van der Waals surface area contributed by atoms with Crippen LogP contribution < -0.4 is 20.1 Å². The zero-order chi connectivity index (χ0) is 26.9. The number of anilines is 1. The van der Waals surface area contributed by atoms with Gasteiger partial charge in [0.25, 0.3) is 0 Å². The van der Waals surface area contributed by atoms with Gasteiger partial charge in [-0.05, 0) is 30.5 Å². The Hall–Kier alpha value is -3.50. The van der Waals surface area contributed by atoms with Gasteiger partial charge in [-0.15, -0.1) is 0 Å². The first-order valence-corrected chi connectivity index (χ1v) is 12.2. The lowest BCUT2D eigenvalue weighted by Gasteiger charge is -2.20. The Morgan fingerprint density at radius 3 is 2.30 bits per heavy atom. The summed E-state index contributed by atoms with van der Waals surface area (Å²) >= 11 is 13.1. The highest BCUT2D eigenvalue weighted by molar-refractivity contribution is 6.41. The molecule has 0 unspecified atom stereocenters. The number of rotatable bonds is 7. The van der Waals surface area contributed by atoms with E-state index in [-0.39, 0.29) is 17.9 Å². The third kappa shape index (κ3) is 5.45. The number of carboxylic acid groups (broad SMARTS) is 1. The highest BCUT2D eigenvalue weighted by Crippen LogP contribution is 2.46. The maximum Gasteiger partial charge on any atom is 0.404 e. The van der Waals surface area contributed by atoms with E-state index in [1.807, 2.05) is 18.2 Å². The molecule has 1 saturated carbocycles. The molecule has 2 amide bonds. The van der Waals surface area contributed by atoms with Gasteiger partial charge >= 0.3 is 6.09 Å². The van der Waals surface area contributed by atoms with E-state index in [4.69, 9.17) is 32.7 Å². The molecule has 3 aromatic rings. The monoisotopic (exact) mass is 547 g/mol. The Kier molecular flexibility index (Phi) is 7.79. The van der Waals surface area contributed by atoms with Crippen LogP contribution in [0.3, 0.4) is 0 Å². The topological polar surface area (TPSA) is 126 Å². The Balaban J connectivity index is 1.63. The van der Waals surface area contributed by atoms with Crippen molar-refractivity contribution in [2.24, 2.45) is 5.92 Å². The largest absolute Gasteiger partial charge is 0.495 e. The molecular weight excluding hydrogens is 521 g/mol. The number of carbonyl (C=O) groups is 2. The molecule has 12 heteroatoms. The van der Waals surface area contributed by atoms with E-state index < -0.39 is 12.1 Å². The van der Waals surface area contributed by atoms with Crippen LogP contribution in [-0.2, 0) is 4.79 Å². The van der Waals surface area contributed by atoms with Gasteiger partial charge in [0.05, 0.1) is 41.9 Å². The quantitative estimate of drug-likeness (QED) is 0.393. The van der Waals surface area contributed by atoms with Crippen LogP contribution in [0.4, 0.5) is 10.7 Å². The molecule has 1 aliphatic rings. The average molecular weight is 548 g/mol. The van der Waals surface area contributed by atoms with E-state index in [9.17, 15) is 14.7 Å². The summed E-state index contributed by atoms with van der Waals surface area (Å²) in [5.74, 6) is 0.850. The smallest absolute Gasteiger partial charge is 0.404 e. The van der Waals surface area contributed by atoms with Crippen molar-refractivity contribution in [3.05, 3.63) is 40.5 Å². The SMILES string of the molecule is COc1cc(OC)c(Cl)c(-c2ccc3nc(N[C@@H]4C[C@H](C(=O)N(C)C)C[C@@H]4NC(=O)O)ncc3c2)c1Cl. The van der Waals surface area contributed by atoms with Crippen LogP contribution in [0.2, 0.25) is 10.0 Å². The molecule has 0 saturated heterocycles. The second kappa shape index (κ2) is 10.9. The number of nitrogens with one attached hydrogen (secondary N) is 2.